The molecule has 0 spiro atoms. The van der Waals surface area contributed by atoms with Crippen molar-refractivity contribution >= 4 is 12.6 Å². The van der Waals surface area contributed by atoms with Gasteiger partial charge in [0.1, 0.15) is 12.6 Å². The Hall–Kier alpha value is -0.920. The van der Waals surface area contributed by atoms with E-state index in [1.165, 1.54) is 0 Å². The zero-order valence-electron chi connectivity index (χ0n) is 5.04. The Balaban J connectivity index is 2.59. The summed E-state index contributed by atoms with van der Waals surface area (Å²) in [5.41, 5.74) is 0.770. The van der Waals surface area contributed by atoms with Gasteiger partial charge in [-0.15, -0.1) is 0 Å². The summed E-state index contributed by atoms with van der Waals surface area (Å²) < 4.78 is 0. The van der Waals surface area contributed by atoms with E-state index in [1.807, 2.05) is 0 Å². The quantitative estimate of drug-likeness (QED) is 0.508. The van der Waals surface area contributed by atoms with E-state index in [2.05, 4.69) is 0 Å². The van der Waals surface area contributed by atoms with Gasteiger partial charge in [-0.25, -0.2) is 0 Å². The number of hydrogen-bond donors (Lipinski definition) is 0. The van der Waals surface area contributed by atoms with Gasteiger partial charge in [0.15, 0.2) is 0 Å². The van der Waals surface area contributed by atoms with E-state index in [4.69, 9.17) is 0 Å². The summed E-state index contributed by atoms with van der Waals surface area (Å²) in [5, 5.41) is 0. The molecule has 0 N–H and O–H groups in total. The topological polar surface area (TPSA) is 34.1 Å². The molecule has 2 heteroatoms. The Labute approximate surface area is 53.6 Å². The lowest BCUT2D eigenvalue weighted by Gasteiger charge is -1.88. The molecule has 0 heterocycles. The Kier molecular flexibility index (Phi) is 1.78. The SMILES string of the molecule is O=CC1=CC(C=O)CC1. The molecule has 1 aliphatic rings. The normalized spacial score (nSPS) is 25.3. The molecule has 0 bridgehead atoms. The maximum atomic E-state index is 10.1. The average molecular weight is 124 g/mol. The highest BCUT2D eigenvalue weighted by molar-refractivity contribution is 5.76. The molecule has 1 rings (SSSR count). The van der Waals surface area contributed by atoms with Crippen LogP contribution in [-0.2, 0) is 9.59 Å². The average Bonchev–Trinajstić information content (AvgIpc) is 2.34. The van der Waals surface area contributed by atoms with Crippen molar-refractivity contribution in [3.63, 3.8) is 0 Å². The molecule has 9 heavy (non-hydrogen) atoms. The molecule has 1 unspecified atom stereocenters. The molecule has 0 aromatic carbocycles. The minimum atomic E-state index is 0.00481. The van der Waals surface area contributed by atoms with Crippen LogP contribution in [0.2, 0.25) is 0 Å². The predicted octanol–water partition coefficient (Wildman–Crippen LogP) is 0.721. The molecular weight excluding hydrogens is 116 g/mol. The highest BCUT2D eigenvalue weighted by Crippen LogP contribution is 2.20. The van der Waals surface area contributed by atoms with Crippen LogP contribution in [0.25, 0.3) is 0 Å². The summed E-state index contributed by atoms with van der Waals surface area (Å²) in [4.78, 5) is 20.2. The van der Waals surface area contributed by atoms with Crippen molar-refractivity contribution in [3.05, 3.63) is 11.6 Å². The first-order valence-electron chi connectivity index (χ1n) is 2.98. The second kappa shape index (κ2) is 2.58. The summed E-state index contributed by atoms with van der Waals surface area (Å²) >= 11 is 0. The third kappa shape index (κ3) is 1.25. The van der Waals surface area contributed by atoms with Crippen molar-refractivity contribution in [3.8, 4) is 0 Å². The number of hydrogen-bond acceptors (Lipinski definition) is 2. The highest BCUT2D eigenvalue weighted by atomic mass is 16.1. The number of aldehydes is 2. The summed E-state index contributed by atoms with van der Waals surface area (Å²) in [7, 11) is 0. The maximum Gasteiger partial charge on any atom is 0.145 e. The fourth-order valence-corrected chi connectivity index (χ4v) is 0.981. The zero-order chi connectivity index (χ0) is 6.69. The van der Waals surface area contributed by atoms with Gasteiger partial charge >= 0.3 is 0 Å². The van der Waals surface area contributed by atoms with E-state index in [0.717, 1.165) is 31.0 Å². The molecule has 0 amide bonds. The number of allylic oxidation sites excluding steroid dienone is 2. The lowest BCUT2D eigenvalue weighted by molar-refractivity contribution is -0.109. The van der Waals surface area contributed by atoms with E-state index >= 15 is 0 Å². The van der Waals surface area contributed by atoms with Gasteiger partial charge in [-0.3, -0.25) is 4.79 Å². The number of rotatable bonds is 2. The summed E-state index contributed by atoms with van der Waals surface area (Å²) in [6.07, 6.45) is 5.03. The minimum Gasteiger partial charge on any atom is -0.303 e. The first-order chi connectivity index (χ1) is 4.36. The smallest absolute Gasteiger partial charge is 0.145 e. The van der Waals surface area contributed by atoms with Crippen molar-refractivity contribution in [1.82, 2.24) is 0 Å². The third-order valence-corrected chi connectivity index (χ3v) is 1.52. The molecule has 0 aromatic rings. The summed E-state index contributed by atoms with van der Waals surface area (Å²) in [5.74, 6) is 0.00481. The standard InChI is InChI=1S/C7H8O2/c8-4-6-1-2-7(3-6)5-9/h3-6H,1-2H2. The van der Waals surface area contributed by atoms with E-state index in [0.29, 0.717) is 0 Å². The van der Waals surface area contributed by atoms with Gasteiger partial charge in [0.2, 0.25) is 0 Å². The Morgan fingerprint density at radius 2 is 2.33 bits per heavy atom. The van der Waals surface area contributed by atoms with Crippen LogP contribution in [0.5, 0.6) is 0 Å². The fourth-order valence-electron chi connectivity index (χ4n) is 0.981. The van der Waals surface area contributed by atoms with Crippen LogP contribution in [0.3, 0.4) is 0 Å². The Morgan fingerprint density at radius 3 is 2.67 bits per heavy atom. The van der Waals surface area contributed by atoms with Crippen LogP contribution in [0.15, 0.2) is 11.6 Å². The molecule has 0 aliphatic heterocycles. The van der Waals surface area contributed by atoms with E-state index in [-0.39, 0.29) is 5.92 Å². The van der Waals surface area contributed by atoms with Gasteiger partial charge in [0.25, 0.3) is 0 Å². The molecule has 0 radical (unpaired) electrons. The molecule has 0 fully saturated rings. The first-order valence-corrected chi connectivity index (χ1v) is 2.98. The second-order valence-corrected chi connectivity index (χ2v) is 2.20. The summed E-state index contributed by atoms with van der Waals surface area (Å²) in [6.45, 7) is 0. The highest BCUT2D eigenvalue weighted by Gasteiger charge is 2.13. The van der Waals surface area contributed by atoms with Gasteiger partial charge in [-0.1, -0.05) is 6.08 Å². The van der Waals surface area contributed by atoms with Gasteiger partial charge in [-0.05, 0) is 18.4 Å². The van der Waals surface area contributed by atoms with Gasteiger partial charge in [0, 0.05) is 5.92 Å². The molecule has 0 saturated carbocycles. The van der Waals surface area contributed by atoms with E-state index < -0.39 is 0 Å². The zero-order valence-corrected chi connectivity index (χ0v) is 5.04. The van der Waals surface area contributed by atoms with Crippen LogP contribution in [0, 0.1) is 5.92 Å². The van der Waals surface area contributed by atoms with E-state index in [9.17, 15) is 9.59 Å². The van der Waals surface area contributed by atoms with Crippen LogP contribution < -0.4 is 0 Å². The fraction of sp³-hybridized carbons (Fsp3) is 0.429. The molecule has 1 atom stereocenters. The van der Waals surface area contributed by atoms with Crippen LogP contribution in [0.4, 0.5) is 0 Å². The van der Waals surface area contributed by atoms with Crippen LogP contribution >= 0.6 is 0 Å². The lowest BCUT2D eigenvalue weighted by Crippen LogP contribution is -1.89. The maximum absolute atomic E-state index is 10.1. The predicted molar refractivity (Wildman–Crippen MR) is 32.9 cm³/mol. The first kappa shape index (κ1) is 6.20. The van der Waals surface area contributed by atoms with Crippen molar-refractivity contribution in [2.24, 2.45) is 5.92 Å². The minimum absolute atomic E-state index is 0.00481. The molecule has 2 nitrogen and oxygen atoms in total. The van der Waals surface area contributed by atoms with Gasteiger partial charge in [0.05, 0.1) is 0 Å². The second-order valence-electron chi connectivity index (χ2n) is 2.20. The lowest BCUT2D eigenvalue weighted by atomic mass is 10.2. The monoisotopic (exact) mass is 124 g/mol. The van der Waals surface area contributed by atoms with Crippen LogP contribution in [-0.4, -0.2) is 12.6 Å². The van der Waals surface area contributed by atoms with Crippen molar-refractivity contribution in [2.45, 2.75) is 12.8 Å². The molecule has 1 aliphatic carbocycles. The number of carbonyl (C=O) groups excluding carboxylic acids is 2. The largest absolute Gasteiger partial charge is 0.303 e. The summed E-state index contributed by atoms with van der Waals surface area (Å²) in [6, 6.07) is 0. The molecule has 48 valence electrons. The van der Waals surface area contributed by atoms with Crippen molar-refractivity contribution in [2.75, 3.05) is 0 Å². The van der Waals surface area contributed by atoms with Crippen molar-refractivity contribution < 1.29 is 9.59 Å². The Bertz CT molecular complexity index is 158. The molecule has 0 saturated heterocycles. The van der Waals surface area contributed by atoms with Gasteiger partial charge in [-0.2, -0.15) is 0 Å². The van der Waals surface area contributed by atoms with Crippen molar-refractivity contribution in [1.29, 1.82) is 0 Å². The van der Waals surface area contributed by atoms with E-state index in [1.54, 1.807) is 6.08 Å². The number of carbonyl (C=O) groups is 2. The Morgan fingerprint density at radius 1 is 1.56 bits per heavy atom. The molecular formula is C7H8O2. The molecule has 0 aromatic heterocycles. The third-order valence-electron chi connectivity index (χ3n) is 1.52. The van der Waals surface area contributed by atoms with Gasteiger partial charge < -0.3 is 4.79 Å². The van der Waals surface area contributed by atoms with Crippen LogP contribution in [0.1, 0.15) is 12.8 Å².